The second kappa shape index (κ2) is 40.9. The molecule has 314 valence electrons. The van der Waals surface area contributed by atoms with Gasteiger partial charge in [0.2, 0.25) is 0 Å². The van der Waals surface area contributed by atoms with Crippen LogP contribution in [0.15, 0.2) is 12.4 Å². The first-order valence-corrected chi connectivity index (χ1v) is 25.3. The second-order valence-corrected chi connectivity index (χ2v) is 17.9. The first-order chi connectivity index (χ1) is 26.2. The van der Waals surface area contributed by atoms with Crippen molar-refractivity contribution in [3.63, 3.8) is 0 Å². The Morgan fingerprint density at radius 3 is 0.887 bits per heavy atom. The highest BCUT2D eigenvalue weighted by Crippen LogP contribution is 2.28. The fourth-order valence-electron chi connectivity index (χ4n) is 8.90. The molecule has 0 fully saturated rings. The predicted molar refractivity (Wildman–Crippen MR) is 239 cm³/mol. The van der Waals surface area contributed by atoms with Gasteiger partial charge in [-0.15, -0.1) is 0 Å². The molecular weight excluding hydrogens is 641 g/mol. The van der Waals surface area contributed by atoms with E-state index in [9.17, 15) is 0 Å². The largest absolute Gasteiger partial charge is 0.257 e. The van der Waals surface area contributed by atoms with Crippen molar-refractivity contribution in [1.82, 2.24) is 4.98 Å². The van der Waals surface area contributed by atoms with E-state index < -0.39 is 0 Å². The van der Waals surface area contributed by atoms with Gasteiger partial charge in [-0.25, -0.2) is 9.55 Å². The van der Waals surface area contributed by atoms with Crippen molar-refractivity contribution in [3.05, 3.63) is 18.2 Å². The summed E-state index contributed by atoms with van der Waals surface area (Å²) in [5.41, 5.74) is 0. The first-order valence-electron chi connectivity index (χ1n) is 25.3. The lowest BCUT2D eigenvalue weighted by Crippen LogP contribution is -2.41. The molecule has 0 amide bonds. The summed E-state index contributed by atoms with van der Waals surface area (Å²) in [5, 5.41) is 0. The summed E-state index contributed by atoms with van der Waals surface area (Å²) < 4.78 is 2.66. The van der Waals surface area contributed by atoms with Crippen LogP contribution in [0, 0.1) is 0 Å². The monoisotopic (exact) mass is 742 g/mol. The quantitative estimate of drug-likeness (QED) is 0.0507. The maximum Gasteiger partial charge on any atom is 0.257 e. The van der Waals surface area contributed by atoms with Gasteiger partial charge in [0, 0.05) is 0 Å². The van der Waals surface area contributed by atoms with Gasteiger partial charge in [-0.1, -0.05) is 265 Å². The Hall–Kier alpha value is -0.790. The highest BCUT2D eigenvalue weighted by Gasteiger charge is 2.25. The van der Waals surface area contributed by atoms with E-state index in [0.29, 0.717) is 12.0 Å². The zero-order chi connectivity index (χ0) is 38.1. The van der Waals surface area contributed by atoms with Crippen LogP contribution in [0.2, 0.25) is 0 Å². The maximum atomic E-state index is 3.79. The van der Waals surface area contributed by atoms with Crippen molar-refractivity contribution < 1.29 is 4.57 Å². The molecule has 1 rings (SSSR count). The molecule has 0 aromatic carbocycles. The summed E-state index contributed by atoms with van der Waals surface area (Å²) in [4.78, 5) is 3.79. The first kappa shape index (κ1) is 50.2. The van der Waals surface area contributed by atoms with Gasteiger partial charge in [0.05, 0.1) is 12.0 Å². The minimum Gasteiger partial charge on any atom is -0.247 e. The van der Waals surface area contributed by atoms with Gasteiger partial charge in [-0.3, -0.25) is 0 Å². The predicted octanol–water partition coefficient (Wildman–Crippen LogP) is 18.4. The Labute approximate surface area is 336 Å². The lowest BCUT2D eigenvalue weighted by molar-refractivity contribution is -0.727. The molecule has 0 saturated heterocycles. The fourth-order valence-corrected chi connectivity index (χ4v) is 8.90. The Morgan fingerprint density at radius 2 is 0.604 bits per heavy atom. The van der Waals surface area contributed by atoms with Crippen LogP contribution in [0.3, 0.4) is 0 Å². The smallest absolute Gasteiger partial charge is 0.247 e. The standard InChI is InChI=1S/C51H100N2/c1-5-8-11-14-17-20-23-24-25-26-27-28-31-34-37-40-43-46-50(45-42-39-36-33-30-22-19-16-13-10-7-3)51-52-47-48-53(51)49(4)44-41-38-35-32-29-21-18-15-12-9-6-2/h47-50H,5-46H2,1-4H3/p+1. The van der Waals surface area contributed by atoms with Crippen LogP contribution < -0.4 is 4.57 Å². The number of hydrogen-bond acceptors (Lipinski definition) is 0. The van der Waals surface area contributed by atoms with E-state index in [4.69, 9.17) is 0 Å². The Morgan fingerprint density at radius 1 is 0.358 bits per heavy atom. The minimum atomic E-state index is 0.616. The number of nitrogens with zero attached hydrogens (tertiary/aromatic N) is 1. The highest BCUT2D eigenvalue weighted by atomic mass is 15.1. The second-order valence-electron chi connectivity index (χ2n) is 17.9. The summed E-state index contributed by atoms with van der Waals surface area (Å²) in [6.45, 7) is 9.44. The molecule has 1 aromatic heterocycles. The summed E-state index contributed by atoms with van der Waals surface area (Å²) in [5.74, 6) is 2.25. The van der Waals surface area contributed by atoms with Crippen LogP contribution in [-0.4, -0.2) is 4.98 Å². The summed E-state index contributed by atoms with van der Waals surface area (Å²) in [6.07, 6.45) is 65.1. The number of hydrogen-bond donors (Lipinski definition) is 1. The van der Waals surface area contributed by atoms with Gasteiger partial charge in [0.15, 0.2) is 0 Å². The van der Waals surface area contributed by atoms with E-state index in [0.717, 1.165) is 0 Å². The van der Waals surface area contributed by atoms with Crippen LogP contribution >= 0.6 is 0 Å². The molecule has 0 aliphatic heterocycles. The van der Waals surface area contributed by atoms with Gasteiger partial charge in [-0.05, 0) is 32.6 Å². The highest BCUT2D eigenvalue weighted by molar-refractivity contribution is 4.90. The molecule has 1 heterocycles. The summed E-state index contributed by atoms with van der Waals surface area (Å²) in [7, 11) is 0. The Bertz CT molecular complexity index is 813. The van der Waals surface area contributed by atoms with Gasteiger partial charge < -0.3 is 0 Å². The number of aromatic amines is 1. The molecule has 0 saturated carbocycles. The van der Waals surface area contributed by atoms with Gasteiger partial charge in [0.1, 0.15) is 12.4 Å². The van der Waals surface area contributed by atoms with E-state index in [1.165, 1.54) is 270 Å². The average molecular weight is 742 g/mol. The van der Waals surface area contributed by atoms with Crippen LogP contribution in [0.4, 0.5) is 0 Å². The molecule has 2 unspecified atom stereocenters. The van der Waals surface area contributed by atoms with Crippen LogP contribution in [-0.2, 0) is 0 Å². The van der Waals surface area contributed by atoms with E-state index in [1.54, 1.807) is 5.82 Å². The molecule has 1 N–H and O–H groups in total. The molecule has 2 nitrogen and oxygen atoms in total. The van der Waals surface area contributed by atoms with Gasteiger partial charge in [0.25, 0.3) is 5.82 Å². The average Bonchev–Trinajstić information content (AvgIpc) is 3.66. The number of nitrogens with one attached hydrogen (secondary N) is 1. The van der Waals surface area contributed by atoms with E-state index in [-0.39, 0.29) is 0 Å². The third-order valence-corrected chi connectivity index (χ3v) is 12.6. The van der Waals surface area contributed by atoms with Crippen molar-refractivity contribution in [2.75, 3.05) is 0 Å². The summed E-state index contributed by atoms with van der Waals surface area (Å²) >= 11 is 0. The Balaban J connectivity index is 2.34. The van der Waals surface area contributed by atoms with Crippen LogP contribution in [0.25, 0.3) is 0 Å². The number of imidazole rings is 1. The Kier molecular flexibility index (Phi) is 38.7. The zero-order valence-electron chi connectivity index (χ0n) is 37.5. The van der Waals surface area contributed by atoms with E-state index in [1.807, 2.05) is 0 Å². The number of rotatable bonds is 44. The third kappa shape index (κ3) is 32.0. The molecule has 1 aromatic rings. The van der Waals surface area contributed by atoms with Crippen molar-refractivity contribution in [2.24, 2.45) is 0 Å². The number of unbranched alkanes of at least 4 members (excludes halogenated alkanes) is 36. The van der Waals surface area contributed by atoms with E-state index in [2.05, 4.69) is 49.6 Å². The fraction of sp³-hybridized carbons (Fsp3) is 0.941. The zero-order valence-corrected chi connectivity index (χ0v) is 37.5. The van der Waals surface area contributed by atoms with Crippen LogP contribution in [0.5, 0.6) is 0 Å². The lowest BCUT2D eigenvalue weighted by atomic mass is 9.92. The van der Waals surface area contributed by atoms with Crippen molar-refractivity contribution >= 4 is 0 Å². The normalized spacial score (nSPS) is 12.9. The number of aromatic nitrogens is 2. The lowest BCUT2D eigenvalue weighted by Gasteiger charge is -2.17. The molecule has 0 aliphatic carbocycles. The molecule has 0 spiro atoms. The topological polar surface area (TPSA) is 19.7 Å². The van der Waals surface area contributed by atoms with Crippen molar-refractivity contribution in [3.8, 4) is 0 Å². The van der Waals surface area contributed by atoms with Crippen LogP contribution in [0.1, 0.15) is 315 Å². The molecular formula is C51H101N2+. The van der Waals surface area contributed by atoms with Gasteiger partial charge in [-0.2, -0.15) is 0 Å². The van der Waals surface area contributed by atoms with Gasteiger partial charge >= 0.3 is 0 Å². The third-order valence-electron chi connectivity index (χ3n) is 12.6. The van der Waals surface area contributed by atoms with E-state index >= 15 is 0 Å². The van der Waals surface area contributed by atoms with Crippen molar-refractivity contribution in [1.29, 1.82) is 0 Å². The van der Waals surface area contributed by atoms with Crippen molar-refractivity contribution in [2.45, 2.75) is 309 Å². The molecule has 0 aliphatic rings. The molecule has 53 heavy (non-hydrogen) atoms. The molecule has 2 heteroatoms. The minimum absolute atomic E-state index is 0.616. The molecule has 0 bridgehead atoms. The summed E-state index contributed by atoms with van der Waals surface area (Å²) in [6, 6.07) is 0.616. The molecule has 2 atom stereocenters. The number of H-pyrrole nitrogens is 1. The molecule has 0 radical (unpaired) electrons. The SMILES string of the molecule is CCCCCCCCCCCCCCCCCCCC(CCCCCCCCCCCCC)c1[nH]cc[n+]1C(C)CCCCCCCCCCCCC. The maximum absolute atomic E-state index is 3.79.